The minimum Gasteiger partial charge on any atom is -0.389 e. The quantitative estimate of drug-likeness (QED) is 0.730. The molecule has 0 aliphatic rings. The topological polar surface area (TPSA) is 71.3 Å². The number of rotatable bonds is 5. The molecule has 0 aliphatic heterocycles. The third kappa shape index (κ3) is 4.44. The van der Waals surface area contributed by atoms with Crippen molar-refractivity contribution in [3.63, 3.8) is 0 Å². The number of carbonyl (C=O) groups is 1. The molecule has 0 atom stereocenters. The number of hydrogen-bond donors (Lipinski definition) is 2. The molecule has 0 unspecified atom stereocenters. The van der Waals surface area contributed by atoms with Crippen molar-refractivity contribution in [2.45, 2.75) is 39.3 Å². The Hall–Kier alpha value is -2.92. The van der Waals surface area contributed by atoms with Crippen molar-refractivity contribution in [1.82, 2.24) is 4.57 Å². The molecule has 27 heavy (non-hydrogen) atoms. The van der Waals surface area contributed by atoms with Gasteiger partial charge in [0.2, 0.25) is 5.91 Å². The van der Waals surface area contributed by atoms with E-state index in [0.717, 1.165) is 11.1 Å². The Bertz CT molecular complexity index is 1050. The van der Waals surface area contributed by atoms with E-state index in [4.69, 9.17) is 0 Å². The Labute approximate surface area is 158 Å². The van der Waals surface area contributed by atoms with Gasteiger partial charge in [-0.15, -0.1) is 0 Å². The van der Waals surface area contributed by atoms with Gasteiger partial charge in [-0.2, -0.15) is 0 Å². The summed E-state index contributed by atoms with van der Waals surface area (Å²) in [5.74, 6) is -0.127. The summed E-state index contributed by atoms with van der Waals surface area (Å²) in [6.45, 7) is 5.50. The van der Waals surface area contributed by atoms with Gasteiger partial charge in [-0.3, -0.25) is 9.59 Å². The Kier molecular flexibility index (Phi) is 5.15. The molecule has 1 amide bonds. The Morgan fingerprint density at radius 2 is 1.81 bits per heavy atom. The summed E-state index contributed by atoms with van der Waals surface area (Å²) in [5, 5.41) is 14.1. The summed E-state index contributed by atoms with van der Waals surface area (Å²) >= 11 is 0. The summed E-state index contributed by atoms with van der Waals surface area (Å²) in [4.78, 5) is 25.2. The van der Waals surface area contributed by atoms with E-state index in [1.807, 2.05) is 31.2 Å². The number of aliphatic hydroxyl groups is 1. The molecule has 2 aromatic carbocycles. The normalized spacial score (nSPS) is 11.6. The molecule has 0 aliphatic carbocycles. The van der Waals surface area contributed by atoms with Crippen LogP contribution in [0.5, 0.6) is 0 Å². The zero-order valence-electron chi connectivity index (χ0n) is 15.8. The fourth-order valence-corrected chi connectivity index (χ4v) is 3.14. The molecule has 3 rings (SSSR count). The lowest BCUT2D eigenvalue weighted by atomic mass is 10.1. The summed E-state index contributed by atoms with van der Waals surface area (Å²) in [5.41, 5.74) is 1.47. The average molecular weight is 364 g/mol. The first-order chi connectivity index (χ1) is 12.7. The number of carbonyl (C=O) groups excluding carboxylic acids is 1. The molecule has 0 spiro atoms. The lowest BCUT2D eigenvalue weighted by Crippen LogP contribution is -2.32. The molecule has 1 aromatic heterocycles. The third-order valence-electron chi connectivity index (χ3n) is 4.46. The maximum absolute atomic E-state index is 12.7. The van der Waals surface area contributed by atoms with Crippen LogP contribution in [-0.2, 0) is 17.8 Å². The minimum absolute atomic E-state index is 0.127. The van der Waals surface area contributed by atoms with E-state index in [1.165, 1.54) is 4.57 Å². The van der Waals surface area contributed by atoms with Crippen molar-refractivity contribution in [3.8, 4) is 0 Å². The zero-order valence-corrected chi connectivity index (χ0v) is 15.8. The van der Waals surface area contributed by atoms with Crippen LogP contribution in [-0.4, -0.2) is 21.2 Å². The zero-order chi connectivity index (χ0) is 19.6. The van der Waals surface area contributed by atoms with Gasteiger partial charge in [0.05, 0.1) is 18.6 Å². The van der Waals surface area contributed by atoms with Crippen molar-refractivity contribution >= 4 is 22.4 Å². The van der Waals surface area contributed by atoms with Crippen LogP contribution in [0.4, 0.5) is 5.69 Å². The van der Waals surface area contributed by atoms with Crippen molar-refractivity contribution in [2.75, 3.05) is 5.32 Å². The number of nitrogens with zero attached hydrogens (tertiary/aromatic N) is 1. The Morgan fingerprint density at radius 3 is 2.52 bits per heavy atom. The van der Waals surface area contributed by atoms with E-state index < -0.39 is 5.60 Å². The molecule has 0 saturated heterocycles. The molecule has 3 aromatic rings. The van der Waals surface area contributed by atoms with Gasteiger partial charge < -0.3 is 15.0 Å². The van der Waals surface area contributed by atoms with E-state index in [9.17, 15) is 14.7 Å². The van der Waals surface area contributed by atoms with Crippen molar-refractivity contribution in [3.05, 3.63) is 76.2 Å². The first-order valence-corrected chi connectivity index (χ1v) is 8.93. The monoisotopic (exact) mass is 364 g/mol. The first-order valence-electron chi connectivity index (χ1n) is 8.93. The highest BCUT2D eigenvalue weighted by atomic mass is 16.3. The summed E-state index contributed by atoms with van der Waals surface area (Å²) in [6.07, 6.45) is 1.93. The lowest BCUT2D eigenvalue weighted by Gasteiger charge is -2.19. The summed E-state index contributed by atoms with van der Waals surface area (Å²) in [7, 11) is 0. The van der Waals surface area contributed by atoms with Gasteiger partial charge in [0.15, 0.2) is 0 Å². The van der Waals surface area contributed by atoms with Crippen molar-refractivity contribution < 1.29 is 9.90 Å². The van der Waals surface area contributed by atoms with E-state index >= 15 is 0 Å². The molecule has 5 heteroatoms. The number of fused-ring (bicyclic) bond motifs is 1. The SMILES string of the molecule is Cc1ccccc1CC(=O)Nc1cccc2c(=O)n(CC(C)(C)O)ccc12. The van der Waals surface area contributed by atoms with Crippen molar-refractivity contribution in [1.29, 1.82) is 0 Å². The summed E-state index contributed by atoms with van der Waals surface area (Å²) in [6, 6.07) is 14.8. The average Bonchev–Trinajstić information content (AvgIpc) is 2.59. The van der Waals surface area contributed by atoms with Gasteiger partial charge in [-0.1, -0.05) is 30.3 Å². The number of anilines is 1. The van der Waals surface area contributed by atoms with Crippen molar-refractivity contribution in [2.24, 2.45) is 0 Å². The Morgan fingerprint density at radius 1 is 1.07 bits per heavy atom. The van der Waals surface area contributed by atoms with Gasteiger partial charge in [-0.25, -0.2) is 0 Å². The van der Waals surface area contributed by atoms with Crippen LogP contribution >= 0.6 is 0 Å². The standard InChI is InChI=1S/C22H24N2O3/c1-15-7-4-5-8-16(15)13-20(25)23-19-10-6-9-18-17(19)11-12-24(21(18)26)14-22(2,3)27/h4-12,27H,13-14H2,1-3H3,(H,23,25). The number of benzene rings is 2. The molecule has 140 valence electrons. The third-order valence-corrected chi connectivity index (χ3v) is 4.46. The van der Waals surface area contributed by atoms with Crippen LogP contribution in [0, 0.1) is 6.92 Å². The number of amides is 1. The maximum Gasteiger partial charge on any atom is 0.258 e. The largest absolute Gasteiger partial charge is 0.389 e. The molecule has 0 bridgehead atoms. The number of hydrogen-bond acceptors (Lipinski definition) is 3. The fraction of sp³-hybridized carbons (Fsp3) is 0.273. The van der Waals surface area contributed by atoms with Crippen LogP contribution in [0.15, 0.2) is 59.5 Å². The molecule has 2 N–H and O–H groups in total. The van der Waals surface area contributed by atoms with Gasteiger partial charge in [0, 0.05) is 22.7 Å². The predicted molar refractivity (Wildman–Crippen MR) is 108 cm³/mol. The molecule has 1 heterocycles. The fourth-order valence-electron chi connectivity index (χ4n) is 3.14. The Balaban J connectivity index is 1.89. The van der Waals surface area contributed by atoms with Gasteiger partial charge >= 0.3 is 0 Å². The molecule has 0 fully saturated rings. The molecular weight excluding hydrogens is 340 g/mol. The molecular formula is C22H24N2O3. The number of aryl methyl sites for hydroxylation is 1. The molecule has 5 nitrogen and oxygen atoms in total. The first kappa shape index (κ1) is 18.9. The maximum atomic E-state index is 12.7. The second kappa shape index (κ2) is 7.37. The number of pyridine rings is 1. The number of nitrogens with one attached hydrogen (secondary N) is 1. The highest BCUT2D eigenvalue weighted by Crippen LogP contribution is 2.21. The van der Waals surface area contributed by atoms with Crippen LogP contribution in [0.25, 0.3) is 10.8 Å². The smallest absolute Gasteiger partial charge is 0.258 e. The predicted octanol–water partition coefficient (Wildman–Crippen LogP) is 3.26. The molecule has 0 radical (unpaired) electrons. The van der Waals surface area contributed by atoms with Gasteiger partial charge in [-0.05, 0) is 50.1 Å². The van der Waals surface area contributed by atoms with Gasteiger partial charge in [0.1, 0.15) is 0 Å². The van der Waals surface area contributed by atoms with Crippen LogP contribution < -0.4 is 10.9 Å². The van der Waals surface area contributed by atoms with E-state index in [-0.39, 0.29) is 24.4 Å². The number of aromatic nitrogens is 1. The van der Waals surface area contributed by atoms with E-state index in [2.05, 4.69) is 5.32 Å². The summed E-state index contributed by atoms with van der Waals surface area (Å²) < 4.78 is 1.49. The highest BCUT2D eigenvalue weighted by molar-refractivity contribution is 6.02. The van der Waals surface area contributed by atoms with Crippen LogP contribution in [0.2, 0.25) is 0 Å². The highest BCUT2D eigenvalue weighted by Gasteiger charge is 2.16. The van der Waals surface area contributed by atoms with E-state index in [0.29, 0.717) is 16.5 Å². The second-order valence-electron chi connectivity index (χ2n) is 7.48. The minimum atomic E-state index is -0.989. The van der Waals surface area contributed by atoms with Gasteiger partial charge in [0.25, 0.3) is 5.56 Å². The van der Waals surface area contributed by atoms with Crippen LogP contribution in [0.1, 0.15) is 25.0 Å². The van der Waals surface area contributed by atoms with Crippen LogP contribution in [0.3, 0.4) is 0 Å². The molecule has 0 saturated carbocycles. The second-order valence-corrected chi connectivity index (χ2v) is 7.48. The van der Waals surface area contributed by atoms with E-state index in [1.54, 1.807) is 44.3 Å². The lowest BCUT2D eigenvalue weighted by molar-refractivity contribution is -0.115.